The highest BCUT2D eigenvalue weighted by molar-refractivity contribution is 7.87. The highest BCUT2D eigenvalue weighted by atomic mass is 32.2. The van der Waals surface area contributed by atoms with Crippen molar-refractivity contribution in [2.24, 2.45) is 5.92 Å². The van der Waals surface area contributed by atoms with Crippen molar-refractivity contribution in [3.8, 4) is 0 Å². The molecule has 0 aromatic carbocycles. The van der Waals surface area contributed by atoms with Crippen molar-refractivity contribution >= 4 is 10.2 Å². The first-order chi connectivity index (χ1) is 8.47. The SMILES string of the molecule is CCNCCCN(C)S(=O)(=O)NC(C)C1CCC1. The van der Waals surface area contributed by atoms with Gasteiger partial charge < -0.3 is 5.32 Å². The molecule has 1 rings (SSSR count). The Morgan fingerprint density at radius 3 is 2.56 bits per heavy atom. The van der Waals surface area contributed by atoms with Gasteiger partial charge in [-0.1, -0.05) is 13.3 Å². The Morgan fingerprint density at radius 2 is 2.06 bits per heavy atom. The maximum Gasteiger partial charge on any atom is 0.279 e. The van der Waals surface area contributed by atoms with Crippen LogP contribution in [0.5, 0.6) is 0 Å². The number of rotatable bonds is 9. The third kappa shape index (κ3) is 4.84. The van der Waals surface area contributed by atoms with E-state index in [0.29, 0.717) is 12.5 Å². The predicted octanol–water partition coefficient (Wildman–Crippen LogP) is 0.941. The second-order valence-corrected chi connectivity index (χ2v) is 6.94. The van der Waals surface area contributed by atoms with Crippen LogP contribution >= 0.6 is 0 Å². The van der Waals surface area contributed by atoms with Crippen molar-refractivity contribution in [1.29, 1.82) is 0 Å². The molecule has 1 aliphatic rings. The average molecular weight is 277 g/mol. The van der Waals surface area contributed by atoms with Crippen LogP contribution in [0.15, 0.2) is 0 Å². The van der Waals surface area contributed by atoms with Crippen LogP contribution in [-0.4, -0.2) is 45.4 Å². The Labute approximate surface area is 112 Å². The summed E-state index contributed by atoms with van der Waals surface area (Å²) in [5, 5.41) is 3.19. The molecule has 0 amide bonds. The maximum atomic E-state index is 12.0. The fourth-order valence-corrected chi connectivity index (χ4v) is 3.30. The van der Waals surface area contributed by atoms with Crippen LogP contribution in [0.3, 0.4) is 0 Å². The van der Waals surface area contributed by atoms with Crippen molar-refractivity contribution < 1.29 is 8.42 Å². The molecule has 0 bridgehead atoms. The summed E-state index contributed by atoms with van der Waals surface area (Å²) in [6.45, 7) is 6.35. The molecule has 1 atom stereocenters. The standard InChI is InChI=1S/C12H27N3O2S/c1-4-13-9-6-10-15(3)18(16,17)14-11(2)12-7-5-8-12/h11-14H,4-10H2,1-3H3. The molecule has 0 spiro atoms. The summed E-state index contributed by atoms with van der Waals surface area (Å²) in [7, 11) is -1.67. The summed E-state index contributed by atoms with van der Waals surface area (Å²) >= 11 is 0. The van der Waals surface area contributed by atoms with Gasteiger partial charge in [-0.25, -0.2) is 0 Å². The average Bonchev–Trinajstić information content (AvgIpc) is 2.20. The molecule has 1 fully saturated rings. The molecule has 0 aliphatic heterocycles. The fourth-order valence-electron chi connectivity index (χ4n) is 2.08. The van der Waals surface area contributed by atoms with Crippen LogP contribution in [0, 0.1) is 5.92 Å². The van der Waals surface area contributed by atoms with Gasteiger partial charge in [0.15, 0.2) is 0 Å². The van der Waals surface area contributed by atoms with E-state index in [9.17, 15) is 8.42 Å². The highest BCUT2D eigenvalue weighted by Crippen LogP contribution is 2.29. The first kappa shape index (κ1) is 15.9. The molecule has 5 nitrogen and oxygen atoms in total. The Hall–Kier alpha value is -0.170. The first-order valence-electron chi connectivity index (χ1n) is 6.91. The zero-order valence-corrected chi connectivity index (χ0v) is 12.6. The van der Waals surface area contributed by atoms with Gasteiger partial charge in [0.05, 0.1) is 0 Å². The van der Waals surface area contributed by atoms with Crippen molar-refractivity contribution in [2.45, 2.75) is 45.6 Å². The minimum Gasteiger partial charge on any atom is -0.317 e. The lowest BCUT2D eigenvalue weighted by Gasteiger charge is -2.32. The van der Waals surface area contributed by atoms with E-state index < -0.39 is 10.2 Å². The van der Waals surface area contributed by atoms with E-state index in [-0.39, 0.29) is 6.04 Å². The zero-order valence-electron chi connectivity index (χ0n) is 11.8. The van der Waals surface area contributed by atoms with Gasteiger partial charge in [0.1, 0.15) is 0 Å². The van der Waals surface area contributed by atoms with Crippen molar-refractivity contribution in [3.63, 3.8) is 0 Å². The Morgan fingerprint density at radius 1 is 1.39 bits per heavy atom. The van der Waals surface area contributed by atoms with Gasteiger partial charge in [-0.2, -0.15) is 17.4 Å². The van der Waals surface area contributed by atoms with Gasteiger partial charge in [0.25, 0.3) is 10.2 Å². The summed E-state index contributed by atoms with van der Waals surface area (Å²) in [4.78, 5) is 0. The number of nitrogens with one attached hydrogen (secondary N) is 2. The van der Waals surface area contributed by atoms with Gasteiger partial charge in [-0.05, 0) is 45.2 Å². The van der Waals surface area contributed by atoms with Gasteiger partial charge in [0, 0.05) is 19.6 Å². The molecule has 108 valence electrons. The van der Waals surface area contributed by atoms with Gasteiger partial charge in [-0.15, -0.1) is 0 Å². The monoisotopic (exact) mass is 277 g/mol. The van der Waals surface area contributed by atoms with Gasteiger partial charge >= 0.3 is 0 Å². The molecule has 0 aromatic heterocycles. The van der Waals surface area contributed by atoms with E-state index in [1.54, 1.807) is 7.05 Å². The normalized spacial score (nSPS) is 18.9. The van der Waals surface area contributed by atoms with Crippen molar-refractivity contribution in [2.75, 3.05) is 26.7 Å². The second kappa shape index (κ2) is 7.43. The molecule has 2 N–H and O–H groups in total. The lowest BCUT2D eigenvalue weighted by molar-refractivity contribution is 0.257. The number of hydrogen-bond donors (Lipinski definition) is 2. The minimum absolute atomic E-state index is 0.0555. The van der Waals surface area contributed by atoms with E-state index in [1.807, 2.05) is 13.8 Å². The third-order valence-corrected chi connectivity index (χ3v) is 5.35. The molecule has 1 aliphatic carbocycles. The summed E-state index contributed by atoms with van der Waals surface area (Å²) in [6.07, 6.45) is 4.36. The molecule has 0 radical (unpaired) electrons. The summed E-state index contributed by atoms with van der Waals surface area (Å²) in [5.41, 5.74) is 0. The molecule has 0 heterocycles. The lowest BCUT2D eigenvalue weighted by Crippen LogP contribution is -2.47. The van der Waals surface area contributed by atoms with Gasteiger partial charge in [0.2, 0.25) is 0 Å². The smallest absolute Gasteiger partial charge is 0.279 e. The van der Waals surface area contributed by atoms with Crippen LogP contribution < -0.4 is 10.0 Å². The third-order valence-electron chi connectivity index (χ3n) is 3.68. The molecule has 0 saturated heterocycles. The van der Waals surface area contributed by atoms with E-state index in [2.05, 4.69) is 10.0 Å². The summed E-state index contributed by atoms with van der Waals surface area (Å²) < 4.78 is 28.3. The van der Waals surface area contributed by atoms with Crippen molar-refractivity contribution in [3.05, 3.63) is 0 Å². The van der Waals surface area contributed by atoms with Crippen LogP contribution in [-0.2, 0) is 10.2 Å². The largest absolute Gasteiger partial charge is 0.317 e. The van der Waals surface area contributed by atoms with Crippen LogP contribution in [0.1, 0.15) is 39.5 Å². The maximum absolute atomic E-state index is 12.0. The molecular formula is C12H27N3O2S. The molecule has 1 saturated carbocycles. The summed E-state index contributed by atoms with van der Waals surface area (Å²) in [5.74, 6) is 0.523. The summed E-state index contributed by atoms with van der Waals surface area (Å²) in [6, 6.07) is 0.0555. The Balaban J connectivity index is 2.31. The zero-order chi connectivity index (χ0) is 13.6. The Kier molecular flexibility index (Phi) is 6.55. The van der Waals surface area contributed by atoms with Crippen LogP contribution in [0.4, 0.5) is 0 Å². The number of nitrogens with zero attached hydrogens (tertiary/aromatic N) is 1. The quantitative estimate of drug-likeness (QED) is 0.617. The van der Waals surface area contributed by atoms with E-state index in [0.717, 1.165) is 32.4 Å². The highest BCUT2D eigenvalue weighted by Gasteiger charge is 2.28. The molecule has 1 unspecified atom stereocenters. The molecule has 18 heavy (non-hydrogen) atoms. The second-order valence-electron chi connectivity index (χ2n) is 5.13. The fraction of sp³-hybridized carbons (Fsp3) is 1.00. The molecule has 6 heteroatoms. The van der Waals surface area contributed by atoms with Gasteiger partial charge in [-0.3, -0.25) is 0 Å². The molecule has 0 aromatic rings. The van der Waals surface area contributed by atoms with E-state index in [4.69, 9.17) is 0 Å². The first-order valence-corrected chi connectivity index (χ1v) is 8.35. The number of hydrogen-bond acceptors (Lipinski definition) is 3. The van der Waals surface area contributed by atoms with Crippen LogP contribution in [0.25, 0.3) is 0 Å². The van der Waals surface area contributed by atoms with Crippen LogP contribution in [0.2, 0.25) is 0 Å². The predicted molar refractivity (Wildman–Crippen MR) is 74.6 cm³/mol. The van der Waals surface area contributed by atoms with E-state index >= 15 is 0 Å². The molecular weight excluding hydrogens is 250 g/mol. The Bertz CT molecular complexity index is 328. The lowest BCUT2D eigenvalue weighted by atomic mass is 9.81. The van der Waals surface area contributed by atoms with Crippen molar-refractivity contribution in [1.82, 2.24) is 14.3 Å². The topological polar surface area (TPSA) is 61.4 Å². The minimum atomic E-state index is -3.31. The van der Waals surface area contributed by atoms with E-state index in [1.165, 1.54) is 10.7 Å².